The van der Waals surface area contributed by atoms with Gasteiger partial charge in [-0.05, 0) is 67.4 Å². The number of hydrogen-bond donors (Lipinski definition) is 2. The summed E-state index contributed by atoms with van der Waals surface area (Å²) in [6.07, 6.45) is 3.10. The van der Waals surface area contributed by atoms with Crippen molar-refractivity contribution in [1.29, 1.82) is 0 Å². The average Bonchev–Trinajstić information content (AvgIpc) is 3.22. The number of carbonyl (C=O) groups is 2. The lowest BCUT2D eigenvalue weighted by atomic mass is 9.99. The first kappa shape index (κ1) is 22.8. The van der Waals surface area contributed by atoms with Crippen molar-refractivity contribution in [2.24, 2.45) is 5.73 Å². The number of nitrogens with two attached hydrogens (primary N) is 1. The van der Waals surface area contributed by atoms with Crippen LogP contribution in [0.25, 0.3) is 27.7 Å². The molecule has 172 valence electrons. The van der Waals surface area contributed by atoms with Gasteiger partial charge in [-0.25, -0.2) is 4.39 Å². The molecule has 0 aliphatic heterocycles. The van der Waals surface area contributed by atoms with Gasteiger partial charge in [-0.1, -0.05) is 12.1 Å². The summed E-state index contributed by atoms with van der Waals surface area (Å²) in [6, 6.07) is 16.2. The standard InChI is InChI=1S/C27H23FN2O4/c1-3-33-24-14-25-22(23(15-34-25)17-4-8-19(28)9-5-17)13-21(24)16(2)12-26(31)30-20-10-6-18(7-11-20)27(29)32/h4-15H,3H2,1-2H3,(H2,29,32)(H,30,31)/b16-12+. The van der Waals surface area contributed by atoms with Crippen LogP contribution in [0.1, 0.15) is 29.8 Å². The van der Waals surface area contributed by atoms with E-state index in [1.807, 2.05) is 19.9 Å². The van der Waals surface area contributed by atoms with E-state index in [9.17, 15) is 14.0 Å². The monoisotopic (exact) mass is 458 g/mol. The molecule has 7 heteroatoms. The van der Waals surface area contributed by atoms with Crippen LogP contribution in [-0.4, -0.2) is 18.4 Å². The number of allylic oxidation sites excluding steroid dienone is 1. The predicted molar refractivity (Wildman–Crippen MR) is 130 cm³/mol. The number of halogens is 1. The number of carbonyl (C=O) groups excluding carboxylic acids is 2. The van der Waals surface area contributed by atoms with Crippen LogP contribution < -0.4 is 15.8 Å². The van der Waals surface area contributed by atoms with Crippen molar-refractivity contribution >= 4 is 34.0 Å². The second-order valence-corrected chi connectivity index (χ2v) is 7.69. The highest BCUT2D eigenvalue weighted by molar-refractivity contribution is 6.05. The van der Waals surface area contributed by atoms with Crippen molar-refractivity contribution in [2.75, 3.05) is 11.9 Å². The lowest BCUT2D eigenvalue weighted by molar-refractivity contribution is -0.111. The molecule has 0 saturated carbocycles. The minimum absolute atomic E-state index is 0.315. The summed E-state index contributed by atoms with van der Waals surface area (Å²) in [5, 5.41) is 3.59. The molecule has 0 fully saturated rings. The fourth-order valence-corrected chi connectivity index (χ4v) is 3.66. The van der Waals surface area contributed by atoms with Gasteiger partial charge in [0.25, 0.3) is 0 Å². The largest absolute Gasteiger partial charge is 0.493 e. The minimum Gasteiger partial charge on any atom is -0.493 e. The maximum atomic E-state index is 13.4. The molecule has 0 unspecified atom stereocenters. The van der Waals surface area contributed by atoms with Gasteiger partial charge in [0, 0.05) is 39.9 Å². The third kappa shape index (κ3) is 4.83. The topological polar surface area (TPSA) is 94.6 Å². The number of rotatable bonds is 7. The maximum absolute atomic E-state index is 13.4. The second kappa shape index (κ2) is 9.62. The van der Waals surface area contributed by atoms with Gasteiger partial charge < -0.3 is 20.2 Å². The lowest BCUT2D eigenvalue weighted by Gasteiger charge is -2.12. The zero-order valence-electron chi connectivity index (χ0n) is 18.7. The smallest absolute Gasteiger partial charge is 0.248 e. The number of anilines is 1. The highest BCUT2D eigenvalue weighted by Gasteiger charge is 2.15. The van der Waals surface area contributed by atoms with Gasteiger partial charge in [0.05, 0.1) is 12.9 Å². The summed E-state index contributed by atoms with van der Waals surface area (Å²) in [5.41, 5.74) is 9.81. The van der Waals surface area contributed by atoms with Gasteiger partial charge in [-0.15, -0.1) is 0 Å². The Morgan fingerprint density at radius 3 is 2.44 bits per heavy atom. The number of amides is 2. The Morgan fingerprint density at radius 1 is 1.09 bits per heavy atom. The zero-order chi connectivity index (χ0) is 24.2. The summed E-state index contributed by atoms with van der Waals surface area (Å²) in [7, 11) is 0. The third-order valence-corrected chi connectivity index (χ3v) is 5.34. The number of primary amides is 1. The number of furan rings is 1. The molecule has 4 aromatic rings. The van der Waals surface area contributed by atoms with Crippen LogP contribution >= 0.6 is 0 Å². The molecule has 0 radical (unpaired) electrons. The highest BCUT2D eigenvalue weighted by Crippen LogP contribution is 2.37. The Bertz CT molecular complexity index is 1390. The van der Waals surface area contributed by atoms with Gasteiger partial charge in [0.1, 0.15) is 17.1 Å². The molecule has 0 saturated heterocycles. The number of benzene rings is 3. The molecule has 1 heterocycles. The summed E-state index contributed by atoms with van der Waals surface area (Å²) in [5.74, 6) is -0.600. The molecule has 6 nitrogen and oxygen atoms in total. The molecular weight excluding hydrogens is 435 g/mol. The van der Waals surface area contributed by atoms with E-state index in [-0.39, 0.29) is 11.7 Å². The van der Waals surface area contributed by atoms with E-state index >= 15 is 0 Å². The Balaban J connectivity index is 1.67. The van der Waals surface area contributed by atoms with Crippen LogP contribution in [0.5, 0.6) is 5.75 Å². The van der Waals surface area contributed by atoms with Gasteiger partial charge in [0.15, 0.2) is 0 Å². The van der Waals surface area contributed by atoms with E-state index in [1.165, 1.54) is 18.2 Å². The minimum atomic E-state index is -0.535. The first-order valence-corrected chi connectivity index (χ1v) is 10.7. The molecule has 0 spiro atoms. The van der Waals surface area contributed by atoms with Gasteiger partial charge >= 0.3 is 0 Å². The summed E-state index contributed by atoms with van der Waals surface area (Å²) in [4.78, 5) is 23.9. The molecule has 0 aliphatic carbocycles. The average molecular weight is 458 g/mol. The van der Waals surface area contributed by atoms with Gasteiger partial charge in [-0.2, -0.15) is 0 Å². The van der Waals surface area contributed by atoms with Gasteiger partial charge in [0.2, 0.25) is 11.8 Å². The van der Waals surface area contributed by atoms with Crippen LogP contribution in [-0.2, 0) is 4.79 Å². The van der Waals surface area contributed by atoms with Crippen LogP contribution in [0.3, 0.4) is 0 Å². The van der Waals surface area contributed by atoms with E-state index in [0.29, 0.717) is 34.8 Å². The van der Waals surface area contributed by atoms with Crippen LogP contribution in [0.2, 0.25) is 0 Å². The Labute approximate surface area is 195 Å². The van der Waals surface area contributed by atoms with E-state index in [2.05, 4.69) is 5.32 Å². The molecule has 0 bridgehead atoms. The first-order chi connectivity index (χ1) is 16.4. The van der Waals surface area contributed by atoms with Crippen molar-refractivity contribution in [3.05, 3.63) is 89.9 Å². The maximum Gasteiger partial charge on any atom is 0.248 e. The van der Waals surface area contributed by atoms with Crippen molar-refractivity contribution in [3.63, 3.8) is 0 Å². The van der Waals surface area contributed by atoms with E-state index in [4.69, 9.17) is 14.9 Å². The summed E-state index contributed by atoms with van der Waals surface area (Å²) < 4.78 is 24.9. The lowest BCUT2D eigenvalue weighted by Crippen LogP contribution is -2.12. The Morgan fingerprint density at radius 2 is 1.79 bits per heavy atom. The fourth-order valence-electron chi connectivity index (χ4n) is 3.66. The Hall–Kier alpha value is -4.39. The first-order valence-electron chi connectivity index (χ1n) is 10.7. The van der Waals surface area contributed by atoms with Crippen LogP contribution in [0.4, 0.5) is 10.1 Å². The van der Waals surface area contributed by atoms with Crippen LogP contribution in [0, 0.1) is 5.82 Å². The quantitative estimate of drug-likeness (QED) is 0.343. The number of nitrogens with one attached hydrogen (secondary N) is 1. The molecule has 34 heavy (non-hydrogen) atoms. The second-order valence-electron chi connectivity index (χ2n) is 7.69. The molecule has 4 rings (SSSR count). The van der Waals surface area contributed by atoms with Crippen molar-refractivity contribution in [3.8, 4) is 16.9 Å². The number of hydrogen-bond acceptors (Lipinski definition) is 4. The molecule has 0 aliphatic rings. The number of fused-ring (bicyclic) bond motifs is 1. The molecule has 1 aromatic heterocycles. The predicted octanol–water partition coefficient (Wildman–Crippen LogP) is 5.78. The third-order valence-electron chi connectivity index (χ3n) is 5.34. The van der Waals surface area contributed by atoms with E-state index in [1.54, 1.807) is 48.7 Å². The van der Waals surface area contributed by atoms with Crippen molar-refractivity contribution in [1.82, 2.24) is 0 Å². The van der Waals surface area contributed by atoms with E-state index < -0.39 is 5.91 Å². The fraction of sp³-hybridized carbons (Fsp3) is 0.111. The molecular formula is C27H23FN2O4. The molecule has 0 atom stereocenters. The Kier molecular flexibility index (Phi) is 6.45. The molecule has 2 amide bonds. The number of ether oxygens (including phenoxy) is 1. The van der Waals surface area contributed by atoms with E-state index in [0.717, 1.165) is 22.1 Å². The summed E-state index contributed by atoms with van der Waals surface area (Å²) >= 11 is 0. The highest BCUT2D eigenvalue weighted by atomic mass is 19.1. The van der Waals surface area contributed by atoms with Crippen LogP contribution in [0.15, 0.2) is 77.4 Å². The van der Waals surface area contributed by atoms with Gasteiger partial charge in [-0.3, -0.25) is 9.59 Å². The normalized spacial score (nSPS) is 11.4. The van der Waals surface area contributed by atoms with Crippen molar-refractivity contribution in [2.45, 2.75) is 13.8 Å². The molecule has 3 aromatic carbocycles. The SMILES string of the molecule is CCOc1cc2occ(-c3ccc(F)cc3)c2cc1/C(C)=C/C(=O)Nc1ccc(C(N)=O)cc1. The molecule has 3 N–H and O–H groups in total. The van der Waals surface area contributed by atoms with Crippen molar-refractivity contribution < 1.29 is 23.1 Å². The summed E-state index contributed by atoms with van der Waals surface area (Å²) in [6.45, 7) is 4.13. The zero-order valence-corrected chi connectivity index (χ0v) is 18.7.